The van der Waals surface area contributed by atoms with Crippen molar-refractivity contribution < 1.29 is 5.03 Å². The molecule has 1 aromatic rings. The number of hydrazine groups is 1. The topological polar surface area (TPSA) is 58.4 Å². The van der Waals surface area contributed by atoms with E-state index >= 15 is 0 Å². The molecule has 5 nitrogen and oxygen atoms in total. The van der Waals surface area contributed by atoms with Gasteiger partial charge < -0.3 is 0 Å². The Bertz CT molecular complexity index is 322. The first-order chi connectivity index (χ1) is 7.72. The number of hydrogen-bond acceptors (Lipinski definition) is 3. The molecule has 0 spiro atoms. The van der Waals surface area contributed by atoms with E-state index in [0.717, 1.165) is 13.1 Å². The number of nitrogens with zero attached hydrogens (tertiary/aromatic N) is 2. The minimum atomic E-state index is -0.504. The van der Waals surface area contributed by atoms with E-state index in [4.69, 9.17) is 0 Å². The van der Waals surface area contributed by atoms with Gasteiger partial charge in [0.05, 0.1) is 6.54 Å². The van der Waals surface area contributed by atoms with Crippen molar-refractivity contribution in [1.29, 1.82) is 0 Å². The Hall–Kier alpha value is 0.0164. The Morgan fingerprint density at radius 3 is 2.53 bits per heavy atom. The van der Waals surface area contributed by atoms with E-state index in [2.05, 4.69) is 29.4 Å². The molecule has 0 aliphatic carbocycles. The second kappa shape index (κ2) is 9.99. The first kappa shape index (κ1) is 17.0. The van der Waals surface area contributed by atoms with Gasteiger partial charge in [-0.15, -0.1) is 5.43 Å². The van der Waals surface area contributed by atoms with E-state index in [0.29, 0.717) is 13.1 Å². The maximum absolute atomic E-state index is 10.1. The summed E-state index contributed by atoms with van der Waals surface area (Å²) in [6.45, 7) is 4.81. The van der Waals surface area contributed by atoms with Gasteiger partial charge in [0.1, 0.15) is 0 Å². The van der Waals surface area contributed by atoms with Crippen molar-refractivity contribution in [1.82, 2.24) is 10.3 Å². The first-order valence-corrected chi connectivity index (χ1v) is 5.36. The summed E-state index contributed by atoms with van der Waals surface area (Å²) in [6, 6.07) is 10.1. The normalized spacial score (nSPS) is 9.76. The van der Waals surface area contributed by atoms with E-state index in [9.17, 15) is 10.1 Å². The van der Waals surface area contributed by atoms with E-state index in [1.165, 1.54) is 5.56 Å². The van der Waals surface area contributed by atoms with Crippen molar-refractivity contribution >= 4 is 51.4 Å². The van der Waals surface area contributed by atoms with E-state index < -0.39 is 5.03 Å². The molecule has 6 heteroatoms. The third-order valence-corrected chi connectivity index (χ3v) is 2.37. The molecule has 1 aromatic carbocycles. The summed E-state index contributed by atoms with van der Waals surface area (Å²) in [5, 5.41) is 9.60. The van der Waals surface area contributed by atoms with Gasteiger partial charge in [0, 0.05) is 64.5 Å². The monoisotopic (exact) mass is 262 g/mol. The molecule has 0 atom stereocenters. The average Bonchev–Trinajstić information content (AvgIpc) is 2.28. The van der Waals surface area contributed by atoms with Crippen molar-refractivity contribution in [3.05, 3.63) is 46.0 Å². The number of nitro groups is 1. The van der Waals surface area contributed by atoms with Crippen molar-refractivity contribution in [3.63, 3.8) is 0 Å². The van der Waals surface area contributed by atoms with E-state index in [1.54, 1.807) is 0 Å². The van der Waals surface area contributed by atoms with E-state index in [-0.39, 0.29) is 51.4 Å². The summed E-state index contributed by atoms with van der Waals surface area (Å²) in [7, 11) is 0. The molecule has 0 aromatic heterocycles. The van der Waals surface area contributed by atoms with Gasteiger partial charge in [0.2, 0.25) is 0 Å². The number of rotatable bonds is 7. The number of benzene rings is 1. The van der Waals surface area contributed by atoms with Crippen LogP contribution in [-0.2, 0) is 6.54 Å². The molecule has 0 unspecified atom stereocenters. The Balaban J connectivity index is 0.00000256. The van der Waals surface area contributed by atoms with Gasteiger partial charge in [-0.25, -0.2) is 10.1 Å². The largest absolute Gasteiger partial charge is 0.297 e. The molecule has 0 heterocycles. The first-order valence-electron chi connectivity index (χ1n) is 5.36. The van der Waals surface area contributed by atoms with Gasteiger partial charge in [-0.2, -0.15) is 0 Å². The van der Waals surface area contributed by atoms with Crippen molar-refractivity contribution in [2.45, 2.75) is 13.5 Å². The fraction of sp³-hybridized carbons (Fsp3) is 0.455. The molecule has 0 aliphatic rings. The Morgan fingerprint density at radius 2 is 2.00 bits per heavy atom. The standard InChI is InChI=1S/C11H17N3O2.K/c1-2-13(9-8-12-14(15)16)10-11-6-4-3-5-7-11;/h3-7,12H,2,8-10H2,1H3;. The van der Waals surface area contributed by atoms with Crippen molar-refractivity contribution in [2.75, 3.05) is 19.6 Å². The molecule has 1 N–H and O–H groups in total. The van der Waals surface area contributed by atoms with Crippen LogP contribution in [0.4, 0.5) is 0 Å². The average molecular weight is 262 g/mol. The molecule has 0 aliphatic heterocycles. The second-order valence-corrected chi connectivity index (χ2v) is 3.52. The van der Waals surface area contributed by atoms with Crippen LogP contribution in [0.5, 0.6) is 0 Å². The predicted molar refractivity (Wildman–Crippen MR) is 68.1 cm³/mol. The van der Waals surface area contributed by atoms with Crippen LogP contribution in [0.1, 0.15) is 12.5 Å². The zero-order valence-corrected chi connectivity index (χ0v) is 13.5. The Kier molecular flexibility index (Phi) is 10.00. The maximum Gasteiger partial charge on any atom is 0.157 e. The fourth-order valence-electron chi connectivity index (χ4n) is 1.49. The zero-order chi connectivity index (χ0) is 11.8. The molecule has 0 saturated heterocycles. The van der Waals surface area contributed by atoms with Gasteiger partial charge in [-0.1, -0.05) is 37.3 Å². The summed E-state index contributed by atoms with van der Waals surface area (Å²) in [4.78, 5) is 12.3. The third kappa shape index (κ3) is 7.85. The van der Waals surface area contributed by atoms with Crippen LogP contribution >= 0.6 is 0 Å². The molecule has 89 valence electrons. The molecule has 0 fully saturated rings. The molecule has 0 amide bonds. The maximum atomic E-state index is 10.1. The van der Waals surface area contributed by atoms with Crippen LogP contribution in [0.15, 0.2) is 30.3 Å². The number of likely N-dealkylation sites (N-methyl/N-ethyl adjacent to an activating group) is 1. The Labute approximate surface area is 144 Å². The van der Waals surface area contributed by atoms with Crippen LogP contribution in [0.3, 0.4) is 0 Å². The SMILES string of the molecule is CCN(CCN[N+](=O)[O-])Cc1ccccc1.[K]. The molecule has 0 saturated carbocycles. The molecule has 17 heavy (non-hydrogen) atoms. The van der Waals surface area contributed by atoms with Crippen LogP contribution in [0, 0.1) is 10.1 Å². The number of hydrogen-bond donors (Lipinski definition) is 1. The summed E-state index contributed by atoms with van der Waals surface area (Å²) in [6.07, 6.45) is 0. The zero-order valence-electron chi connectivity index (χ0n) is 10.4. The van der Waals surface area contributed by atoms with E-state index in [1.807, 2.05) is 18.2 Å². The number of nitrogens with one attached hydrogen (secondary N) is 1. The fourth-order valence-corrected chi connectivity index (χ4v) is 1.49. The van der Waals surface area contributed by atoms with Gasteiger partial charge in [0.25, 0.3) is 0 Å². The van der Waals surface area contributed by atoms with Crippen LogP contribution in [0.2, 0.25) is 0 Å². The smallest absolute Gasteiger partial charge is 0.157 e. The molecular formula is C11H17KN3O2. The molecule has 1 rings (SSSR count). The summed E-state index contributed by atoms with van der Waals surface area (Å²) in [5.41, 5.74) is 3.40. The summed E-state index contributed by atoms with van der Waals surface area (Å²) in [5.74, 6) is 0. The summed E-state index contributed by atoms with van der Waals surface area (Å²) < 4.78 is 0. The van der Waals surface area contributed by atoms with Crippen LogP contribution < -0.4 is 5.43 Å². The second-order valence-electron chi connectivity index (χ2n) is 3.52. The van der Waals surface area contributed by atoms with Crippen LogP contribution in [0.25, 0.3) is 0 Å². The third-order valence-electron chi connectivity index (χ3n) is 2.37. The molecule has 0 bridgehead atoms. The predicted octanol–water partition coefficient (Wildman–Crippen LogP) is 0.909. The van der Waals surface area contributed by atoms with Crippen LogP contribution in [-0.4, -0.2) is 81.0 Å². The van der Waals surface area contributed by atoms with Gasteiger partial charge in [0.15, 0.2) is 5.03 Å². The molecular weight excluding hydrogens is 245 g/mol. The van der Waals surface area contributed by atoms with Crippen molar-refractivity contribution in [3.8, 4) is 0 Å². The minimum Gasteiger partial charge on any atom is -0.297 e. The molecule has 1 radical (unpaired) electrons. The van der Waals surface area contributed by atoms with Gasteiger partial charge >= 0.3 is 0 Å². The van der Waals surface area contributed by atoms with Crippen molar-refractivity contribution in [2.24, 2.45) is 0 Å². The quantitative estimate of drug-likeness (QED) is 0.451. The van der Waals surface area contributed by atoms with Gasteiger partial charge in [-0.05, 0) is 12.1 Å². The minimum absolute atomic E-state index is 0. The summed E-state index contributed by atoms with van der Waals surface area (Å²) >= 11 is 0. The van der Waals surface area contributed by atoms with Gasteiger partial charge in [-0.3, -0.25) is 4.90 Å². The Morgan fingerprint density at radius 1 is 1.35 bits per heavy atom.